The minimum Gasteiger partial charge on any atom is -0.382 e. The van der Waals surface area contributed by atoms with E-state index in [2.05, 4.69) is 50.2 Å². The smallest absolute Gasteiger partial charge is 0.191 e. The van der Waals surface area contributed by atoms with E-state index in [1.807, 2.05) is 0 Å². The van der Waals surface area contributed by atoms with Crippen molar-refractivity contribution in [3.05, 3.63) is 0 Å². The van der Waals surface area contributed by atoms with Gasteiger partial charge in [-0.1, -0.05) is 20.8 Å². The molecule has 0 heterocycles. The van der Waals surface area contributed by atoms with Crippen molar-refractivity contribution in [3.8, 4) is 0 Å². The Morgan fingerprint density at radius 3 is 2.50 bits per heavy atom. The Kier molecular flexibility index (Phi) is 12.2. The lowest BCUT2D eigenvalue weighted by molar-refractivity contribution is 0.0702. The molecule has 5 heteroatoms. The maximum atomic E-state index is 5.44. The Morgan fingerprint density at radius 1 is 1.18 bits per heavy atom. The lowest BCUT2D eigenvalue weighted by Gasteiger charge is -2.23. The first-order valence-electron chi connectivity index (χ1n) is 8.50. The molecule has 0 aliphatic rings. The fourth-order valence-corrected chi connectivity index (χ4v) is 1.88. The minimum atomic E-state index is 0.380. The van der Waals surface area contributed by atoms with Crippen LogP contribution in [0.2, 0.25) is 0 Å². The highest BCUT2D eigenvalue weighted by atomic mass is 16.5. The largest absolute Gasteiger partial charge is 0.382 e. The van der Waals surface area contributed by atoms with Crippen LogP contribution in [0.4, 0.5) is 0 Å². The van der Waals surface area contributed by atoms with Gasteiger partial charge >= 0.3 is 0 Å². The molecule has 0 saturated heterocycles. The summed E-state index contributed by atoms with van der Waals surface area (Å²) in [6, 6.07) is 0.426. The molecule has 22 heavy (non-hydrogen) atoms. The number of nitrogens with zero attached hydrogens (tertiary/aromatic N) is 1. The Balaban J connectivity index is 3.99. The third kappa shape index (κ3) is 14.1. The van der Waals surface area contributed by atoms with Crippen LogP contribution in [0, 0.1) is 5.41 Å². The second-order valence-electron chi connectivity index (χ2n) is 6.86. The summed E-state index contributed by atoms with van der Waals surface area (Å²) in [5.41, 5.74) is 0.380. The highest BCUT2D eigenvalue weighted by molar-refractivity contribution is 5.79. The van der Waals surface area contributed by atoms with E-state index >= 15 is 0 Å². The quantitative estimate of drug-likeness (QED) is 0.350. The van der Waals surface area contributed by atoms with Gasteiger partial charge in [-0.05, 0) is 38.5 Å². The van der Waals surface area contributed by atoms with Gasteiger partial charge in [0.1, 0.15) is 0 Å². The maximum absolute atomic E-state index is 5.44. The van der Waals surface area contributed by atoms with Gasteiger partial charge in [0, 0.05) is 32.8 Å². The fourth-order valence-electron chi connectivity index (χ4n) is 1.88. The summed E-state index contributed by atoms with van der Waals surface area (Å²) in [4.78, 5) is 4.60. The normalized spacial score (nSPS) is 14.0. The average Bonchev–Trinajstić information content (AvgIpc) is 2.43. The molecule has 1 unspecified atom stereocenters. The second-order valence-corrected chi connectivity index (χ2v) is 6.86. The first-order valence-corrected chi connectivity index (χ1v) is 8.50. The molecule has 5 nitrogen and oxygen atoms in total. The molecule has 0 spiro atoms. The van der Waals surface area contributed by atoms with Gasteiger partial charge in [-0.3, -0.25) is 4.99 Å². The highest BCUT2D eigenvalue weighted by Gasteiger charge is 2.13. The number of methoxy groups -OCH3 is 1. The van der Waals surface area contributed by atoms with Gasteiger partial charge in [-0.25, -0.2) is 0 Å². The Morgan fingerprint density at radius 2 is 1.91 bits per heavy atom. The van der Waals surface area contributed by atoms with Crippen molar-refractivity contribution in [2.45, 2.75) is 59.9 Å². The summed E-state index contributed by atoms with van der Waals surface area (Å²) in [5.74, 6) is 0.904. The van der Waals surface area contributed by atoms with Crippen molar-refractivity contribution in [1.82, 2.24) is 10.6 Å². The lowest BCUT2D eigenvalue weighted by Crippen LogP contribution is -2.42. The van der Waals surface area contributed by atoms with E-state index in [0.29, 0.717) is 24.7 Å². The van der Waals surface area contributed by atoms with Gasteiger partial charge < -0.3 is 20.1 Å². The minimum absolute atomic E-state index is 0.380. The molecule has 0 aromatic rings. The van der Waals surface area contributed by atoms with Crippen LogP contribution in [-0.4, -0.2) is 52.0 Å². The summed E-state index contributed by atoms with van der Waals surface area (Å²) < 4.78 is 10.4. The molecule has 0 bridgehead atoms. The lowest BCUT2D eigenvalue weighted by atomic mass is 9.89. The van der Waals surface area contributed by atoms with Crippen LogP contribution in [0.5, 0.6) is 0 Å². The number of aliphatic imine (C=N–C) groups is 1. The first-order chi connectivity index (χ1) is 10.4. The molecule has 0 aliphatic carbocycles. The van der Waals surface area contributed by atoms with Gasteiger partial charge in [0.05, 0.1) is 13.2 Å². The third-order valence-electron chi connectivity index (χ3n) is 3.20. The molecule has 1 atom stereocenters. The molecule has 0 radical (unpaired) electrons. The van der Waals surface area contributed by atoms with Crippen molar-refractivity contribution in [3.63, 3.8) is 0 Å². The zero-order valence-corrected chi connectivity index (χ0v) is 15.5. The maximum Gasteiger partial charge on any atom is 0.191 e. The van der Waals surface area contributed by atoms with Gasteiger partial charge in [0.25, 0.3) is 0 Å². The topological polar surface area (TPSA) is 54.9 Å². The van der Waals surface area contributed by atoms with Gasteiger partial charge in [-0.2, -0.15) is 0 Å². The van der Waals surface area contributed by atoms with E-state index in [4.69, 9.17) is 9.47 Å². The Bertz CT molecular complexity index is 288. The molecule has 0 aromatic carbocycles. The Hall–Kier alpha value is -0.810. The number of hydrogen-bond donors (Lipinski definition) is 2. The molecule has 0 aromatic heterocycles. The number of hydrogen-bond acceptors (Lipinski definition) is 3. The molecule has 0 saturated carbocycles. The van der Waals surface area contributed by atoms with Gasteiger partial charge in [0.15, 0.2) is 5.96 Å². The summed E-state index contributed by atoms with van der Waals surface area (Å²) in [5, 5.41) is 6.78. The Labute approximate surface area is 137 Å². The monoisotopic (exact) mass is 315 g/mol. The molecular formula is C17H37N3O2. The van der Waals surface area contributed by atoms with E-state index in [9.17, 15) is 0 Å². The van der Waals surface area contributed by atoms with Crippen molar-refractivity contribution in [2.24, 2.45) is 10.4 Å². The number of rotatable bonds is 11. The first kappa shape index (κ1) is 21.2. The van der Waals surface area contributed by atoms with E-state index < -0.39 is 0 Å². The predicted molar refractivity (Wildman–Crippen MR) is 94.6 cm³/mol. The molecule has 132 valence electrons. The van der Waals surface area contributed by atoms with Crippen LogP contribution in [-0.2, 0) is 9.47 Å². The van der Waals surface area contributed by atoms with Crippen LogP contribution in [0.3, 0.4) is 0 Å². The van der Waals surface area contributed by atoms with E-state index in [-0.39, 0.29) is 0 Å². The number of ether oxygens (including phenoxy) is 2. The number of nitrogens with one attached hydrogen (secondary N) is 2. The van der Waals surface area contributed by atoms with E-state index in [0.717, 1.165) is 38.5 Å². The predicted octanol–water partition coefficient (Wildman–Crippen LogP) is 2.81. The molecule has 0 fully saturated rings. The molecule has 0 amide bonds. The molecule has 2 N–H and O–H groups in total. The summed E-state index contributed by atoms with van der Waals surface area (Å²) in [6.45, 7) is 14.8. The average molecular weight is 316 g/mol. The van der Waals surface area contributed by atoms with Crippen LogP contribution in [0.1, 0.15) is 53.9 Å². The standard InChI is InChI=1S/C17H37N3O2/c1-7-18-16(19-11-8-12-22-14-13-21-6)20-15(2)9-10-17(3,4)5/h15H,7-14H2,1-6H3,(H2,18,19,20). The van der Waals surface area contributed by atoms with Crippen LogP contribution < -0.4 is 10.6 Å². The van der Waals surface area contributed by atoms with E-state index in [1.54, 1.807) is 7.11 Å². The van der Waals surface area contributed by atoms with Crippen molar-refractivity contribution >= 4 is 5.96 Å². The SMILES string of the molecule is CCNC(=NCCCOCCOC)NC(C)CCC(C)(C)C. The zero-order valence-electron chi connectivity index (χ0n) is 15.5. The van der Waals surface area contributed by atoms with Gasteiger partial charge in [-0.15, -0.1) is 0 Å². The molecular weight excluding hydrogens is 278 g/mol. The van der Waals surface area contributed by atoms with Crippen LogP contribution >= 0.6 is 0 Å². The fraction of sp³-hybridized carbons (Fsp3) is 0.941. The summed E-state index contributed by atoms with van der Waals surface area (Å²) in [7, 11) is 1.68. The van der Waals surface area contributed by atoms with Crippen molar-refractivity contribution in [2.75, 3.05) is 40.0 Å². The summed E-state index contributed by atoms with van der Waals surface area (Å²) in [6.07, 6.45) is 3.28. The van der Waals surface area contributed by atoms with Crippen LogP contribution in [0.15, 0.2) is 4.99 Å². The van der Waals surface area contributed by atoms with Crippen LogP contribution in [0.25, 0.3) is 0 Å². The zero-order chi connectivity index (χ0) is 16.8. The molecule has 0 aliphatic heterocycles. The van der Waals surface area contributed by atoms with Crippen molar-refractivity contribution < 1.29 is 9.47 Å². The second kappa shape index (κ2) is 12.7. The summed E-state index contributed by atoms with van der Waals surface area (Å²) >= 11 is 0. The molecule has 0 rings (SSSR count). The van der Waals surface area contributed by atoms with Gasteiger partial charge in [0.2, 0.25) is 0 Å². The van der Waals surface area contributed by atoms with Crippen molar-refractivity contribution in [1.29, 1.82) is 0 Å². The third-order valence-corrected chi connectivity index (χ3v) is 3.20. The number of guanidine groups is 1. The van der Waals surface area contributed by atoms with E-state index in [1.165, 1.54) is 6.42 Å². The highest BCUT2D eigenvalue weighted by Crippen LogP contribution is 2.21.